The van der Waals surface area contributed by atoms with Gasteiger partial charge in [0, 0.05) is 17.1 Å². The monoisotopic (exact) mass is 357 g/mol. The highest BCUT2D eigenvalue weighted by Gasteiger charge is 2.26. The Kier molecular flexibility index (Phi) is 5.15. The second-order valence-electron chi connectivity index (χ2n) is 9.24. The smallest absolute Gasteiger partial charge is 0.0464 e. The SMILES string of the molecule is CC(C)(C)c1ccc(N(c2ccccc2)c2ccccc2)cc1C(C)(C)C. The lowest BCUT2D eigenvalue weighted by Crippen LogP contribution is -2.23. The van der Waals surface area contributed by atoms with E-state index in [9.17, 15) is 0 Å². The first-order valence-electron chi connectivity index (χ1n) is 9.73. The van der Waals surface area contributed by atoms with Crippen molar-refractivity contribution in [2.24, 2.45) is 0 Å². The molecule has 0 aliphatic rings. The highest BCUT2D eigenvalue weighted by atomic mass is 15.1. The van der Waals surface area contributed by atoms with Crippen LogP contribution in [-0.4, -0.2) is 0 Å². The number of para-hydroxylation sites is 2. The van der Waals surface area contributed by atoms with Gasteiger partial charge in [0.25, 0.3) is 0 Å². The lowest BCUT2D eigenvalue weighted by molar-refractivity contribution is 0.530. The number of anilines is 3. The Morgan fingerprint density at radius 2 is 0.926 bits per heavy atom. The Hall–Kier alpha value is -2.54. The van der Waals surface area contributed by atoms with Crippen LogP contribution in [0.4, 0.5) is 17.1 Å². The molecule has 0 unspecified atom stereocenters. The van der Waals surface area contributed by atoms with Crippen LogP contribution in [0.2, 0.25) is 0 Å². The van der Waals surface area contributed by atoms with Crippen LogP contribution in [-0.2, 0) is 10.8 Å². The zero-order valence-electron chi connectivity index (χ0n) is 17.5. The van der Waals surface area contributed by atoms with Crippen LogP contribution < -0.4 is 4.90 Å². The Bertz CT molecular complexity index is 841. The summed E-state index contributed by atoms with van der Waals surface area (Å²) in [5.41, 5.74) is 6.57. The summed E-state index contributed by atoms with van der Waals surface area (Å²) in [6, 6.07) is 28.1. The molecule has 0 aliphatic carbocycles. The molecule has 27 heavy (non-hydrogen) atoms. The number of hydrogen-bond donors (Lipinski definition) is 0. The van der Waals surface area contributed by atoms with Gasteiger partial charge >= 0.3 is 0 Å². The molecule has 0 aliphatic heterocycles. The van der Waals surface area contributed by atoms with E-state index in [-0.39, 0.29) is 10.8 Å². The highest BCUT2D eigenvalue weighted by molar-refractivity contribution is 5.77. The molecule has 140 valence electrons. The van der Waals surface area contributed by atoms with E-state index >= 15 is 0 Å². The summed E-state index contributed by atoms with van der Waals surface area (Å²) in [7, 11) is 0. The summed E-state index contributed by atoms with van der Waals surface area (Å²) in [6.45, 7) is 13.8. The molecule has 0 bridgehead atoms. The molecule has 0 saturated heterocycles. The van der Waals surface area contributed by atoms with E-state index in [0.29, 0.717) is 0 Å². The summed E-state index contributed by atoms with van der Waals surface area (Å²) in [5.74, 6) is 0. The maximum Gasteiger partial charge on any atom is 0.0464 e. The minimum atomic E-state index is 0.0810. The highest BCUT2D eigenvalue weighted by Crippen LogP contribution is 2.40. The van der Waals surface area contributed by atoms with Crippen molar-refractivity contribution < 1.29 is 0 Å². The molecule has 0 heterocycles. The van der Waals surface area contributed by atoms with E-state index in [1.165, 1.54) is 28.2 Å². The van der Waals surface area contributed by atoms with Crippen molar-refractivity contribution in [3.05, 3.63) is 90.0 Å². The molecular weight excluding hydrogens is 326 g/mol. The third-order valence-electron chi connectivity index (χ3n) is 4.91. The van der Waals surface area contributed by atoms with Gasteiger partial charge in [-0.25, -0.2) is 0 Å². The predicted octanol–water partition coefficient (Wildman–Crippen LogP) is 7.75. The molecule has 0 N–H and O–H groups in total. The van der Waals surface area contributed by atoms with E-state index in [4.69, 9.17) is 0 Å². The fourth-order valence-electron chi connectivity index (χ4n) is 3.55. The van der Waals surface area contributed by atoms with Gasteiger partial charge in [-0.2, -0.15) is 0 Å². The minimum Gasteiger partial charge on any atom is -0.310 e. The molecule has 1 nitrogen and oxygen atoms in total. The summed E-state index contributed by atoms with van der Waals surface area (Å²) >= 11 is 0. The molecule has 0 spiro atoms. The van der Waals surface area contributed by atoms with Crippen molar-refractivity contribution in [3.63, 3.8) is 0 Å². The van der Waals surface area contributed by atoms with Crippen LogP contribution in [0.15, 0.2) is 78.9 Å². The first-order chi connectivity index (χ1) is 12.7. The molecule has 0 radical (unpaired) electrons. The van der Waals surface area contributed by atoms with Gasteiger partial charge in [0.1, 0.15) is 0 Å². The second kappa shape index (κ2) is 7.23. The summed E-state index contributed by atoms with van der Waals surface area (Å²) in [5, 5.41) is 0. The summed E-state index contributed by atoms with van der Waals surface area (Å²) in [4.78, 5) is 2.34. The first-order valence-corrected chi connectivity index (χ1v) is 9.73. The van der Waals surface area contributed by atoms with Crippen LogP contribution in [0.5, 0.6) is 0 Å². The maximum absolute atomic E-state index is 2.38. The Balaban J connectivity index is 2.22. The largest absolute Gasteiger partial charge is 0.310 e. The Labute approximate surface area is 164 Å². The lowest BCUT2D eigenvalue weighted by atomic mass is 9.75. The van der Waals surface area contributed by atoms with Gasteiger partial charge in [0.05, 0.1) is 0 Å². The van der Waals surface area contributed by atoms with Crippen LogP contribution in [0.25, 0.3) is 0 Å². The lowest BCUT2D eigenvalue weighted by Gasteiger charge is -2.33. The second-order valence-corrected chi connectivity index (χ2v) is 9.24. The van der Waals surface area contributed by atoms with Crippen LogP contribution >= 0.6 is 0 Å². The zero-order chi connectivity index (χ0) is 19.7. The van der Waals surface area contributed by atoms with E-state index < -0.39 is 0 Å². The zero-order valence-corrected chi connectivity index (χ0v) is 17.5. The molecule has 0 amide bonds. The quantitative estimate of drug-likeness (QED) is 0.463. The van der Waals surface area contributed by atoms with Crippen molar-refractivity contribution in [1.82, 2.24) is 0 Å². The van der Waals surface area contributed by atoms with Crippen molar-refractivity contribution in [2.75, 3.05) is 4.90 Å². The molecule has 3 rings (SSSR count). The Morgan fingerprint density at radius 3 is 1.33 bits per heavy atom. The van der Waals surface area contributed by atoms with Gasteiger partial charge < -0.3 is 4.90 Å². The van der Waals surface area contributed by atoms with Crippen molar-refractivity contribution in [1.29, 1.82) is 0 Å². The molecule has 3 aromatic carbocycles. The number of hydrogen-bond acceptors (Lipinski definition) is 1. The molecule has 0 aromatic heterocycles. The molecule has 3 aromatic rings. The van der Waals surface area contributed by atoms with Gasteiger partial charge in [0.15, 0.2) is 0 Å². The maximum atomic E-state index is 2.38. The van der Waals surface area contributed by atoms with Crippen LogP contribution in [0, 0.1) is 0 Å². The fourth-order valence-corrected chi connectivity index (χ4v) is 3.55. The summed E-state index contributed by atoms with van der Waals surface area (Å²) in [6.07, 6.45) is 0. The molecule has 0 saturated carbocycles. The van der Waals surface area contributed by atoms with Crippen molar-refractivity contribution in [3.8, 4) is 0 Å². The number of nitrogens with zero attached hydrogens (tertiary/aromatic N) is 1. The van der Waals surface area contributed by atoms with Gasteiger partial charge in [-0.1, -0.05) is 84.0 Å². The standard InChI is InChI=1S/C26H31N/c1-25(2,3)23-18-17-22(19-24(23)26(4,5)6)27(20-13-9-7-10-14-20)21-15-11-8-12-16-21/h7-19H,1-6H3. The van der Waals surface area contributed by atoms with Gasteiger partial charge in [-0.3, -0.25) is 0 Å². The van der Waals surface area contributed by atoms with E-state index in [2.05, 4.69) is 125 Å². The molecular formula is C26H31N. The van der Waals surface area contributed by atoms with Crippen LogP contribution in [0.3, 0.4) is 0 Å². The molecule has 0 fully saturated rings. The van der Waals surface area contributed by atoms with Gasteiger partial charge in [-0.15, -0.1) is 0 Å². The number of rotatable bonds is 3. The fraction of sp³-hybridized carbons (Fsp3) is 0.308. The Morgan fingerprint density at radius 1 is 0.481 bits per heavy atom. The first kappa shape index (κ1) is 19.2. The van der Waals surface area contributed by atoms with Gasteiger partial charge in [0.2, 0.25) is 0 Å². The van der Waals surface area contributed by atoms with E-state index in [1.54, 1.807) is 0 Å². The average Bonchev–Trinajstić information content (AvgIpc) is 2.62. The summed E-state index contributed by atoms with van der Waals surface area (Å²) < 4.78 is 0. The normalized spacial score (nSPS) is 12.1. The van der Waals surface area contributed by atoms with E-state index in [0.717, 1.165) is 0 Å². The predicted molar refractivity (Wildman–Crippen MR) is 119 cm³/mol. The van der Waals surface area contributed by atoms with Crippen molar-refractivity contribution >= 4 is 17.1 Å². The topological polar surface area (TPSA) is 3.24 Å². The van der Waals surface area contributed by atoms with Crippen molar-refractivity contribution in [2.45, 2.75) is 52.4 Å². The molecule has 1 heteroatoms. The van der Waals surface area contributed by atoms with Crippen LogP contribution in [0.1, 0.15) is 52.7 Å². The molecule has 0 atom stereocenters. The average molecular weight is 358 g/mol. The third-order valence-corrected chi connectivity index (χ3v) is 4.91. The van der Waals surface area contributed by atoms with E-state index in [1.807, 2.05) is 0 Å². The number of benzene rings is 3. The third kappa shape index (κ3) is 4.24. The minimum absolute atomic E-state index is 0.0810. The van der Waals surface area contributed by atoms with Gasteiger partial charge in [-0.05, 0) is 58.4 Å².